The molecule has 0 atom stereocenters. The largest absolute Gasteiger partial charge is 0.444 e. The Morgan fingerprint density at radius 2 is 1.67 bits per heavy atom. The molecule has 0 fully saturated rings. The summed E-state index contributed by atoms with van der Waals surface area (Å²) in [6, 6.07) is 13.7. The second-order valence-electron chi connectivity index (χ2n) is 5.91. The first-order chi connectivity index (χ1) is 14.6. The van der Waals surface area contributed by atoms with Crippen LogP contribution in [0.4, 0.5) is 0 Å². The molecule has 6 heteroatoms. The van der Waals surface area contributed by atoms with Crippen molar-refractivity contribution in [3.05, 3.63) is 72.3 Å². The van der Waals surface area contributed by atoms with E-state index in [0.717, 1.165) is 30.9 Å². The Morgan fingerprint density at radius 1 is 0.967 bits per heavy atom. The zero-order chi connectivity index (χ0) is 21.6. The Bertz CT molecular complexity index is 956. The monoisotopic (exact) mass is 404 g/mol. The second-order valence-corrected chi connectivity index (χ2v) is 5.91. The molecule has 0 aliphatic carbocycles. The molecule has 0 amide bonds. The Hall–Kier alpha value is -4.16. The van der Waals surface area contributed by atoms with Crippen molar-refractivity contribution >= 4 is 11.9 Å². The number of esters is 2. The Balaban J connectivity index is 1.71. The van der Waals surface area contributed by atoms with E-state index in [1.807, 2.05) is 12.1 Å². The average Bonchev–Trinajstić information content (AvgIpc) is 2.77. The predicted octanol–water partition coefficient (Wildman–Crippen LogP) is 3.86. The van der Waals surface area contributed by atoms with Gasteiger partial charge in [0.05, 0.1) is 5.56 Å². The molecule has 0 aliphatic rings. The molecule has 2 rings (SSSR count). The third-order valence-electron chi connectivity index (χ3n) is 3.79. The third-order valence-corrected chi connectivity index (χ3v) is 3.79. The van der Waals surface area contributed by atoms with Gasteiger partial charge in [-0.15, -0.1) is 0 Å². The normalized spacial score (nSPS) is 9.30. The van der Waals surface area contributed by atoms with Crippen LogP contribution >= 0.6 is 0 Å². The summed E-state index contributed by atoms with van der Waals surface area (Å²) in [5, 5.41) is 0. The van der Waals surface area contributed by atoms with Crippen molar-refractivity contribution < 1.29 is 28.5 Å². The number of ether oxygens (including phenoxy) is 4. The summed E-state index contributed by atoms with van der Waals surface area (Å²) < 4.78 is 19.7. The second kappa shape index (κ2) is 12.3. The van der Waals surface area contributed by atoms with Crippen LogP contribution in [0.3, 0.4) is 0 Å². The van der Waals surface area contributed by atoms with Crippen molar-refractivity contribution in [2.24, 2.45) is 0 Å². The van der Waals surface area contributed by atoms with Gasteiger partial charge in [0.1, 0.15) is 24.2 Å². The van der Waals surface area contributed by atoms with E-state index in [-0.39, 0.29) is 0 Å². The molecular formula is C24H20O6. The van der Waals surface area contributed by atoms with E-state index in [4.69, 9.17) is 20.6 Å². The molecule has 0 saturated carbocycles. The summed E-state index contributed by atoms with van der Waals surface area (Å²) in [5.74, 6) is -0.173. The van der Waals surface area contributed by atoms with Crippen LogP contribution in [0.1, 0.15) is 28.8 Å². The van der Waals surface area contributed by atoms with Crippen molar-refractivity contribution in [3.8, 4) is 36.2 Å². The lowest BCUT2D eigenvalue weighted by atomic mass is 10.1. The summed E-state index contributed by atoms with van der Waals surface area (Å²) in [5.41, 5.74) is 1.55. The standard InChI is InChI=1S/C24H20O6/c1-3-23(25)29-18-17-27-16-6-5-7-19-8-10-20(11-9-19)24(26)30-22-14-12-21(13-15-22)28-4-2/h2-3,8-15H,1,5-7,16H2. The van der Waals surface area contributed by atoms with Crippen LogP contribution in [0.15, 0.2) is 61.2 Å². The molecule has 0 heterocycles. The van der Waals surface area contributed by atoms with E-state index >= 15 is 0 Å². The van der Waals surface area contributed by atoms with Crippen LogP contribution in [0.2, 0.25) is 0 Å². The van der Waals surface area contributed by atoms with Crippen LogP contribution in [0, 0.1) is 24.7 Å². The van der Waals surface area contributed by atoms with Gasteiger partial charge in [0.2, 0.25) is 0 Å². The molecular weight excluding hydrogens is 384 g/mol. The lowest BCUT2D eigenvalue weighted by Gasteiger charge is -2.06. The molecule has 2 aromatic carbocycles. The minimum absolute atomic E-state index is 0.399. The van der Waals surface area contributed by atoms with Gasteiger partial charge >= 0.3 is 11.9 Å². The number of hydrogen-bond acceptors (Lipinski definition) is 6. The first-order valence-electron chi connectivity index (χ1n) is 9.11. The number of aryl methyl sites for hydroxylation is 1. The molecule has 0 radical (unpaired) electrons. The van der Waals surface area contributed by atoms with Gasteiger partial charge in [-0.25, -0.2) is 9.59 Å². The highest BCUT2D eigenvalue weighted by atomic mass is 16.5. The molecule has 0 N–H and O–H groups in total. The van der Waals surface area contributed by atoms with Crippen molar-refractivity contribution in [1.29, 1.82) is 0 Å². The summed E-state index contributed by atoms with van der Waals surface area (Å²) >= 11 is 0. The molecule has 2 aromatic rings. The molecule has 0 saturated heterocycles. The van der Waals surface area contributed by atoms with E-state index in [9.17, 15) is 9.59 Å². The number of terminal acetylenes is 1. The maximum absolute atomic E-state index is 12.2. The molecule has 30 heavy (non-hydrogen) atoms. The van der Waals surface area contributed by atoms with Crippen molar-refractivity contribution in [3.63, 3.8) is 0 Å². The van der Waals surface area contributed by atoms with Gasteiger partial charge in [0.25, 0.3) is 0 Å². The van der Waals surface area contributed by atoms with E-state index in [1.54, 1.807) is 36.4 Å². The van der Waals surface area contributed by atoms with Crippen LogP contribution in [0.25, 0.3) is 0 Å². The summed E-state index contributed by atoms with van der Waals surface area (Å²) in [7, 11) is 0. The zero-order valence-electron chi connectivity index (χ0n) is 16.3. The van der Waals surface area contributed by atoms with E-state index in [1.165, 1.54) is 0 Å². The number of carbonyl (C=O) groups excluding carboxylic acids is 2. The molecule has 0 unspecified atom stereocenters. The highest BCUT2D eigenvalue weighted by Crippen LogP contribution is 2.19. The van der Waals surface area contributed by atoms with Crippen LogP contribution < -0.4 is 9.47 Å². The number of hydrogen-bond donors (Lipinski definition) is 0. The minimum atomic E-state index is -0.619. The first-order valence-corrected chi connectivity index (χ1v) is 9.11. The topological polar surface area (TPSA) is 71.1 Å². The minimum Gasteiger partial charge on any atom is -0.444 e. The van der Waals surface area contributed by atoms with Crippen molar-refractivity contribution in [2.75, 3.05) is 6.61 Å². The van der Waals surface area contributed by atoms with Crippen molar-refractivity contribution in [2.45, 2.75) is 19.3 Å². The van der Waals surface area contributed by atoms with E-state index in [0.29, 0.717) is 23.7 Å². The fourth-order valence-corrected chi connectivity index (χ4v) is 2.31. The van der Waals surface area contributed by atoms with Crippen LogP contribution in [-0.4, -0.2) is 18.5 Å². The highest BCUT2D eigenvalue weighted by molar-refractivity contribution is 5.91. The van der Waals surface area contributed by atoms with Gasteiger partial charge in [-0.1, -0.05) is 25.1 Å². The van der Waals surface area contributed by atoms with Gasteiger partial charge in [-0.05, 0) is 61.2 Å². The van der Waals surface area contributed by atoms with Gasteiger partial charge in [0.15, 0.2) is 12.2 Å². The Labute approximate surface area is 175 Å². The van der Waals surface area contributed by atoms with Gasteiger partial charge in [0, 0.05) is 6.08 Å². The number of benzene rings is 2. The molecule has 0 spiro atoms. The van der Waals surface area contributed by atoms with Gasteiger partial charge in [-0.2, -0.15) is 0 Å². The van der Waals surface area contributed by atoms with E-state index in [2.05, 4.69) is 29.6 Å². The number of carbonyl (C=O) groups is 2. The summed E-state index contributed by atoms with van der Waals surface area (Å²) in [4.78, 5) is 23.0. The maximum Gasteiger partial charge on any atom is 0.344 e. The van der Waals surface area contributed by atoms with Gasteiger partial charge in [-0.3, -0.25) is 0 Å². The fraction of sp³-hybridized carbons (Fsp3) is 0.167. The first kappa shape index (κ1) is 22.1. The zero-order valence-corrected chi connectivity index (χ0v) is 16.3. The Kier molecular flexibility index (Phi) is 9.10. The lowest BCUT2D eigenvalue weighted by Crippen LogP contribution is -2.08. The maximum atomic E-state index is 12.2. The summed E-state index contributed by atoms with van der Waals surface area (Å²) in [6.45, 7) is 3.68. The average molecular weight is 404 g/mol. The van der Waals surface area contributed by atoms with Crippen molar-refractivity contribution in [1.82, 2.24) is 0 Å². The van der Waals surface area contributed by atoms with Crippen LogP contribution in [-0.2, 0) is 20.7 Å². The van der Waals surface area contributed by atoms with Crippen LogP contribution in [0.5, 0.6) is 11.5 Å². The lowest BCUT2D eigenvalue weighted by molar-refractivity contribution is -0.131. The summed E-state index contributed by atoms with van der Waals surface area (Å²) in [6.07, 6.45) is 15.1. The van der Waals surface area contributed by atoms with Gasteiger partial charge < -0.3 is 18.9 Å². The Morgan fingerprint density at radius 3 is 2.33 bits per heavy atom. The predicted molar refractivity (Wildman–Crippen MR) is 110 cm³/mol. The molecule has 0 bridgehead atoms. The number of unbranched alkanes of at least 4 members (excludes halogenated alkanes) is 1. The quantitative estimate of drug-likeness (QED) is 0.208. The number of rotatable bonds is 9. The smallest absolute Gasteiger partial charge is 0.344 e. The van der Waals surface area contributed by atoms with E-state index < -0.39 is 11.9 Å². The molecule has 0 aromatic heterocycles. The third kappa shape index (κ3) is 7.84. The fourth-order valence-electron chi connectivity index (χ4n) is 2.31. The SMILES string of the molecule is C#COc1ccc(OC(=O)c2ccc(CCCCOC#COC(=O)C=C)cc2)cc1. The molecule has 6 nitrogen and oxygen atoms in total. The molecule has 0 aliphatic heterocycles. The highest BCUT2D eigenvalue weighted by Gasteiger charge is 2.09. The molecule has 152 valence electrons.